The van der Waals surface area contributed by atoms with Gasteiger partial charge in [0, 0.05) is 6.42 Å². The molecule has 2 nitrogen and oxygen atoms in total. The van der Waals surface area contributed by atoms with Crippen LogP contribution in [0.1, 0.15) is 46.0 Å². The van der Waals surface area contributed by atoms with Crippen LogP contribution in [0, 0.1) is 5.92 Å². The van der Waals surface area contributed by atoms with Crippen LogP contribution >= 0.6 is 0 Å². The summed E-state index contributed by atoms with van der Waals surface area (Å²) in [7, 11) is 1.99. The summed E-state index contributed by atoms with van der Waals surface area (Å²) in [6.07, 6.45) is 5.54. The molecule has 1 unspecified atom stereocenters. The van der Waals surface area contributed by atoms with Crippen LogP contribution in [0.4, 0.5) is 0 Å². The van der Waals surface area contributed by atoms with Crippen LogP contribution in [0.3, 0.4) is 0 Å². The Hall–Kier alpha value is -0.370. The number of ketones is 1. The van der Waals surface area contributed by atoms with E-state index in [9.17, 15) is 4.79 Å². The van der Waals surface area contributed by atoms with Crippen molar-refractivity contribution in [2.45, 2.75) is 46.0 Å². The summed E-state index contributed by atoms with van der Waals surface area (Å²) in [4.78, 5) is 10.7. The van der Waals surface area contributed by atoms with Crippen molar-refractivity contribution in [3.8, 4) is 0 Å². The van der Waals surface area contributed by atoms with Gasteiger partial charge in [-0.1, -0.05) is 19.8 Å². The Morgan fingerprint density at radius 3 is 2.54 bits per heavy atom. The van der Waals surface area contributed by atoms with Gasteiger partial charge in [-0.05, 0) is 39.3 Å². The second-order valence-electron chi connectivity index (χ2n) is 3.95. The first-order chi connectivity index (χ1) is 6.16. The van der Waals surface area contributed by atoms with E-state index in [-0.39, 0.29) is 0 Å². The lowest BCUT2D eigenvalue weighted by Gasteiger charge is -2.09. The summed E-state index contributed by atoms with van der Waals surface area (Å²) in [5.41, 5.74) is 0. The molecule has 0 bridgehead atoms. The smallest absolute Gasteiger partial charge is 0.129 e. The molecule has 0 amide bonds. The molecule has 0 aliphatic carbocycles. The highest BCUT2D eigenvalue weighted by molar-refractivity contribution is 5.75. The van der Waals surface area contributed by atoms with Crippen LogP contribution in [-0.2, 0) is 4.79 Å². The van der Waals surface area contributed by atoms with Gasteiger partial charge in [-0.3, -0.25) is 0 Å². The molecule has 0 aliphatic heterocycles. The summed E-state index contributed by atoms with van der Waals surface area (Å²) in [6, 6.07) is 0. The van der Waals surface area contributed by atoms with Gasteiger partial charge in [0.15, 0.2) is 0 Å². The van der Waals surface area contributed by atoms with E-state index in [1.165, 1.54) is 19.3 Å². The summed E-state index contributed by atoms with van der Waals surface area (Å²) >= 11 is 0. The summed E-state index contributed by atoms with van der Waals surface area (Å²) in [5, 5.41) is 3.15. The average molecular weight is 185 g/mol. The van der Waals surface area contributed by atoms with Gasteiger partial charge in [-0.25, -0.2) is 0 Å². The Bertz CT molecular complexity index is 134. The molecule has 0 fully saturated rings. The predicted octanol–water partition coefficient (Wildman–Crippen LogP) is 2.38. The van der Waals surface area contributed by atoms with Crippen LogP contribution in [0.25, 0.3) is 0 Å². The monoisotopic (exact) mass is 185 g/mol. The molecule has 0 radical (unpaired) electrons. The van der Waals surface area contributed by atoms with Crippen molar-refractivity contribution in [2.75, 3.05) is 13.6 Å². The number of unbranched alkanes of at least 4 members (excludes halogenated alkanes) is 1. The van der Waals surface area contributed by atoms with E-state index in [1.54, 1.807) is 6.92 Å². The van der Waals surface area contributed by atoms with E-state index in [2.05, 4.69) is 12.2 Å². The minimum absolute atomic E-state index is 0.322. The molecular formula is C11H23NO. The zero-order valence-electron chi connectivity index (χ0n) is 9.23. The minimum atomic E-state index is 0.322. The van der Waals surface area contributed by atoms with Crippen molar-refractivity contribution in [1.29, 1.82) is 0 Å². The summed E-state index contributed by atoms with van der Waals surface area (Å²) < 4.78 is 0. The van der Waals surface area contributed by atoms with E-state index in [0.717, 1.165) is 25.3 Å². The van der Waals surface area contributed by atoms with E-state index in [4.69, 9.17) is 0 Å². The molecule has 1 atom stereocenters. The largest absolute Gasteiger partial charge is 0.320 e. The first kappa shape index (κ1) is 12.6. The maximum Gasteiger partial charge on any atom is 0.129 e. The van der Waals surface area contributed by atoms with Gasteiger partial charge in [-0.2, -0.15) is 0 Å². The predicted molar refractivity (Wildman–Crippen MR) is 56.9 cm³/mol. The van der Waals surface area contributed by atoms with Crippen molar-refractivity contribution in [3.05, 3.63) is 0 Å². The first-order valence-corrected chi connectivity index (χ1v) is 5.31. The lowest BCUT2D eigenvalue weighted by Crippen LogP contribution is -2.11. The van der Waals surface area contributed by atoms with Crippen LogP contribution < -0.4 is 5.32 Å². The molecule has 78 valence electrons. The van der Waals surface area contributed by atoms with E-state index >= 15 is 0 Å². The van der Waals surface area contributed by atoms with Gasteiger partial charge >= 0.3 is 0 Å². The molecule has 0 spiro atoms. The highest BCUT2D eigenvalue weighted by atomic mass is 16.1. The van der Waals surface area contributed by atoms with Gasteiger partial charge in [0.05, 0.1) is 0 Å². The third kappa shape index (κ3) is 9.54. The molecule has 0 saturated carbocycles. The zero-order chi connectivity index (χ0) is 10.1. The zero-order valence-corrected chi connectivity index (χ0v) is 9.23. The maximum absolute atomic E-state index is 10.7. The summed E-state index contributed by atoms with van der Waals surface area (Å²) in [5.74, 6) is 1.11. The molecule has 0 aliphatic rings. The Morgan fingerprint density at radius 2 is 2.00 bits per heavy atom. The second kappa shape index (κ2) is 8.24. The third-order valence-corrected chi connectivity index (χ3v) is 2.36. The Labute approximate surface area is 82.1 Å². The molecule has 0 heterocycles. The molecular weight excluding hydrogens is 162 g/mol. The molecule has 0 aromatic carbocycles. The van der Waals surface area contributed by atoms with E-state index in [0.29, 0.717) is 5.78 Å². The van der Waals surface area contributed by atoms with Crippen LogP contribution in [0.5, 0.6) is 0 Å². The van der Waals surface area contributed by atoms with Gasteiger partial charge < -0.3 is 10.1 Å². The van der Waals surface area contributed by atoms with Crippen molar-refractivity contribution in [2.24, 2.45) is 5.92 Å². The molecule has 0 saturated heterocycles. The average Bonchev–Trinajstić information content (AvgIpc) is 2.08. The van der Waals surface area contributed by atoms with Crippen molar-refractivity contribution in [3.63, 3.8) is 0 Å². The topological polar surface area (TPSA) is 29.1 Å². The number of Topliss-reactive ketones (excluding diaryl/α,β-unsaturated/α-hetero) is 1. The molecule has 0 aromatic rings. The van der Waals surface area contributed by atoms with Gasteiger partial charge in [0.2, 0.25) is 0 Å². The van der Waals surface area contributed by atoms with Crippen molar-refractivity contribution < 1.29 is 4.79 Å². The standard InChI is InChI=1S/C11H23NO/c1-10(8-9-12-3)6-4-5-7-11(2)13/h10,12H,4-9H2,1-3H3. The minimum Gasteiger partial charge on any atom is -0.320 e. The molecule has 2 heteroatoms. The van der Waals surface area contributed by atoms with Crippen molar-refractivity contribution in [1.82, 2.24) is 5.32 Å². The molecule has 13 heavy (non-hydrogen) atoms. The Kier molecular flexibility index (Phi) is 8.00. The molecule has 1 N–H and O–H groups in total. The number of rotatable bonds is 8. The lowest BCUT2D eigenvalue weighted by atomic mass is 9.99. The van der Waals surface area contributed by atoms with Crippen LogP contribution in [0.15, 0.2) is 0 Å². The molecule has 0 aromatic heterocycles. The van der Waals surface area contributed by atoms with Crippen LogP contribution in [-0.4, -0.2) is 19.4 Å². The Morgan fingerprint density at radius 1 is 1.31 bits per heavy atom. The quantitative estimate of drug-likeness (QED) is 0.588. The van der Waals surface area contributed by atoms with Crippen molar-refractivity contribution >= 4 is 5.78 Å². The van der Waals surface area contributed by atoms with Crippen LogP contribution in [0.2, 0.25) is 0 Å². The van der Waals surface area contributed by atoms with Gasteiger partial charge in [0.25, 0.3) is 0 Å². The maximum atomic E-state index is 10.7. The van der Waals surface area contributed by atoms with Gasteiger partial charge in [-0.15, -0.1) is 0 Å². The lowest BCUT2D eigenvalue weighted by molar-refractivity contribution is -0.117. The SMILES string of the molecule is CNCCC(C)CCCCC(C)=O. The Balaban J connectivity index is 3.16. The normalized spacial score (nSPS) is 12.8. The highest BCUT2D eigenvalue weighted by Crippen LogP contribution is 2.12. The van der Waals surface area contributed by atoms with E-state index < -0.39 is 0 Å². The number of carbonyl (C=O) groups is 1. The number of nitrogens with one attached hydrogen (secondary N) is 1. The number of hydrogen-bond acceptors (Lipinski definition) is 2. The second-order valence-corrected chi connectivity index (χ2v) is 3.95. The fourth-order valence-electron chi connectivity index (χ4n) is 1.40. The summed E-state index contributed by atoms with van der Waals surface area (Å²) in [6.45, 7) is 5.06. The molecule has 0 rings (SSSR count). The third-order valence-electron chi connectivity index (χ3n) is 2.36. The number of hydrogen-bond donors (Lipinski definition) is 1. The highest BCUT2D eigenvalue weighted by Gasteiger charge is 2.01. The fourth-order valence-corrected chi connectivity index (χ4v) is 1.40. The van der Waals surface area contributed by atoms with E-state index in [1.807, 2.05) is 7.05 Å². The fraction of sp³-hybridized carbons (Fsp3) is 0.909. The first-order valence-electron chi connectivity index (χ1n) is 5.31. The number of carbonyl (C=O) groups excluding carboxylic acids is 1. The van der Waals surface area contributed by atoms with Gasteiger partial charge in [0.1, 0.15) is 5.78 Å².